The van der Waals surface area contributed by atoms with Crippen molar-refractivity contribution in [3.63, 3.8) is 0 Å². The number of nitrogens with zero attached hydrogens (tertiary/aromatic N) is 3. The van der Waals surface area contributed by atoms with E-state index in [4.69, 9.17) is 20.8 Å². The van der Waals surface area contributed by atoms with Crippen molar-refractivity contribution in [1.29, 1.82) is 0 Å². The lowest BCUT2D eigenvalue weighted by Crippen LogP contribution is -2.39. The summed E-state index contributed by atoms with van der Waals surface area (Å²) in [5, 5.41) is 6.52. The normalized spacial score (nSPS) is 17.3. The van der Waals surface area contributed by atoms with E-state index < -0.39 is 33.6 Å². The van der Waals surface area contributed by atoms with Gasteiger partial charge >= 0.3 is 5.76 Å². The van der Waals surface area contributed by atoms with E-state index in [1.165, 1.54) is 18.2 Å². The molecule has 12 heteroatoms. The number of sulfonamides is 1. The molecule has 1 aromatic heterocycles. The van der Waals surface area contributed by atoms with Gasteiger partial charge in [-0.2, -0.15) is 4.31 Å². The van der Waals surface area contributed by atoms with Crippen LogP contribution in [0, 0.1) is 19.7 Å². The Bertz CT molecular complexity index is 1450. The van der Waals surface area contributed by atoms with Crippen molar-refractivity contribution >= 4 is 21.6 Å². The number of ether oxygens (including phenoxy) is 1. The maximum Gasteiger partial charge on any atom is 0.434 e. The summed E-state index contributed by atoms with van der Waals surface area (Å²) in [4.78, 5) is 13.6. The van der Waals surface area contributed by atoms with E-state index in [1.807, 2.05) is 25.9 Å². The third-order valence-electron chi connectivity index (χ3n) is 6.47. The van der Waals surface area contributed by atoms with Gasteiger partial charge in [0.05, 0.1) is 0 Å². The molecule has 0 saturated carbocycles. The minimum Gasteiger partial charge on any atom is -0.490 e. The number of halogens is 2. The largest absolute Gasteiger partial charge is 0.490 e. The number of nitrogens with one attached hydrogen (secondary N) is 1. The monoisotopic (exact) mass is 538 g/mol. The molecule has 1 N–H and O–H groups in total. The first-order valence-corrected chi connectivity index (χ1v) is 13.2. The number of aromatic nitrogens is 2. The molecule has 1 aliphatic heterocycles. The predicted octanol–water partition coefficient (Wildman–Crippen LogP) is 3.76. The van der Waals surface area contributed by atoms with Crippen LogP contribution in [0.1, 0.15) is 47.0 Å². The summed E-state index contributed by atoms with van der Waals surface area (Å²) in [7, 11) is -0.555. The Hall–Kier alpha value is -2.73. The summed E-state index contributed by atoms with van der Waals surface area (Å²) in [6, 6.07) is 4.78. The van der Waals surface area contributed by atoms with Gasteiger partial charge in [0, 0.05) is 29.6 Å². The number of hydrogen-bond acceptors (Lipinski definition) is 7. The maximum atomic E-state index is 15.1. The summed E-state index contributed by atoms with van der Waals surface area (Å²) in [6.07, 6.45) is 0. The molecule has 3 aromatic rings. The standard InChI is InChI=1S/C24H28ClFN4O5S/c1-13-6-8-18(26)20(14(13)2)15(3)21(23-27-28-24(31)35-23)30-10-11-34-22-16(12-29(4)5)17(25)7-9-19(22)36(30,32)33/h6-9,15,21H,10-12H2,1-5H3,(H,28,31)/t15?,21-/m0/s1. The highest BCUT2D eigenvalue weighted by atomic mass is 35.5. The van der Waals surface area contributed by atoms with Crippen molar-refractivity contribution in [2.24, 2.45) is 0 Å². The van der Waals surface area contributed by atoms with Crippen LogP contribution in [0.25, 0.3) is 0 Å². The number of rotatable bonds is 6. The molecule has 2 atom stereocenters. The lowest BCUT2D eigenvalue weighted by molar-refractivity contribution is 0.208. The van der Waals surface area contributed by atoms with Crippen LogP contribution in [0.4, 0.5) is 4.39 Å². The fraction of sp³-hybridized carbons (Fsp3) is 0.417. The van der Waals surface area contributed by atoms with Gasteiger partial charge in [-0.25, -0.2) is 22.7 Å². The highest BCUT2D eigenvalue weighted by Crippen LogP contribution is 2.44. The van der Waals surface area contributed by atoms with Crippen LogP contribution in [-0.2, 0) is 16.6 Å². The molecule has 0 radical (unpaired) electrons. The van der Waals surface area contributed by atoms with E-state index in [2.05, 4.69) is 10.2 Å². The molecule has 194 valence electrons. The number of aromatic amines is 1. The SMILES string of the molecule is Cc1ccc(F)c(C(C)[C@@H](c2n[nH]c(=O)o2)N2CCOc3c(ccc(Cl)c3CN(C)C)S2(=O)=O)c1C. The molecule has 2 aromatic carbocycles. The van der Waals surface area contributed by atoms with Gasteiger partial charge in [0.2, 0.25) is 15.9 Å². The number of benzene rings is 2. The molecular formula is C24H28ClFN4O5S. The Morgan fingerprint density at radius 3 is 2.61 bits per heavy atom. The van der Waals surface area contributed by atoms with Gasteiger partial charge in [0.1, 0.15) is 29.1 Å². The zero-order valence-electron chi connectivity index (χ0n) is 20.6. The number of fused-ring (bicyclic) bond motifs is 1. The second-order valence-electron chi connectivity index (χ2n) is 9.14. The fourth-order valence-corrected chi connectivity index (χ4v) is 6.66. The van der Waals surface area contributed by atoms with E-state index in [1.54, 1.807) is 19.9 Å². The van der Waals surface area contributed by atoms with Crippen LogP contribution in [0.2, 0.25) is 5.02 Å². The Morgan fingerprint density at radius 1 is 1.25 bits per heavy atom. The molecule has 36 heavy (non-hydrogen) atoms. The predicted molar refractivity (Wildman–Crippen MR) is 132 cm³/mol. The summed E-state index contributed by atoms with van der Waals surface area (Å²) in [5.74, 6) is -2.08. The molecule has 4 rings (SSSR count). The lowest BCUT2D eigenvalue weighted by Gasteiger charge is -2.32. The zero-order valence-corrected chi connectivity index (χ0v) is 22.2. The Kier molecular flexibility index (Phi) is 7.29. The van der Waals surface area contributed by atoms with Gasteiger partial charge < -0.3 is 14.1 Å². The first kappa shape index (κ1) is 26.3. The van der Waals surface area contributed by atoms with E-state index >= 15 is 4.39 Å². The molecule has 0 aliphatic carbocycles. The van der Waals surface area contributed by atoms with Gasteiger partial charge in [-0.3, -0.25) is 0 Å². The average Bonchev–Trinajstić information content (AvgIpc) is 3.17. The smallest absolute Gasteiger partial charge is 0.434 e. The molecule has 0 bridgehead atoms. The maximum absolute atomic E-state index is 15.1. The van der Waals surface area contributed by atoms with Gasteiger partial charge in [-0.05, 0) is 62.8 Å². The summed E-state index contributed by atoms with van der Waals surface area (Å²) >= 11 is 6.41. The van der Waals surface area contributed by atoms with Crippen LogP contribution in [0.5, 0.6) is 5.75 Å². The van der Waals surface area contributed by atoms with E-state index in [9.17, 15) is 13.2 Å². The summed E-state index contributed by atoms with van der Waals surface area (Å²) in [5.41, 5.74) is 2.38. The molecule has 1 aliphatic rings. The minimum atomic E-state index is -4.23. The molecule has 0 saturated heterocycles. The fourth-order valence-electron chi connectivity index (χ4n) is 4.66. The van der Waals surface area contributed by atoms with Crippen molar-refractivity contribution in [3.05, 3.63) is 73.8 Å². The second-order valence-corrected chi connectivity index (χ2v) is 11.4. The van der Waals surface area contributed by atoms with Crippen molar-refractivity contribution < 1.29 is 22.0 Å². The van der Waals surface area contributed by atoms with Crippen molar-refractivity contribution in [2.75, 3.05) is 27.2 Å². The number of aryl methyl sites for hydroxylation is 1. The van der Waals surface area contributed by atoms with Crippen LogP contribution in [0.3, 0.4) is 0 Å². The average molecular weight is 539 g/mol. The number of hydrogen-bond donors (Lipinski definition) is 1. The van der Waals surface area contributed by atoms with E-state index in [0.717, 1.165) is 9.87 Å². The number of H-pyrrole nitrogens is 1. The highest BCUT2D eigenvalue weighted by Gasteiger charge is 2.43. The van der Waals surface area contributed by atoms with Gasteiger partial charge in [-0.15, -0.1) is 5.10 Å². The minimum absolute atomic E-state index is 0.000156. The zero-order chi connectivity index (χ0) is 26.4. The van der Waals surface area contributed by atoms with E-state index in [0.29, 0.717) is 28.3 Å². The molecule has 2 heterocycles. The van der Waals surface area contributed by atoms with Crippen LogP contribution >= 0.6 is 11.6 Å². The summed E-state index contributed by atoms with van der Waals surface area (Å²) < 4.78 is 55.7. The summed E-state index contributed by atoms with van der Waals surface area (Å²) in [6.45, 7) is 5.57. The first-order valence-electron chi connectivity index (χ1n) is 11.3. The van der Waals surface area contributed by atoms with Crippen molar-refractivity contribution in [2.45, 2.75) is 44.2 Å². The van der Waals surface area contributed by atoms with Crippen LogP contribution in [0.15, 0.2) is 38.4 Å². The Morgan fingerprint density at radius 2 is 1.97 bits per heavy atom. The van der Waals surface area contributed by atoms with E-state index in [-0.39, 0.29) is 29.7 Å². The highest BCUT2D eigenvalue weighted by molar-refractivity contribution is 7.89. The van der Waals surface area contributed by atoms with Gasteiger partial charge in [0.15, 0.2) is 0 Å². The molecular weight excluding hydrogens is 511 g/mol. The third kappa shape index (κ3) is 4.68. The molecule has 0 fully saturated rings. The third-order valence-corrected chi connectivity index (χ3v) is 8.72. The van der Waals surface area contributed by atoms with Crippen molar-refractivity contribution in [3.8, 4) is 5.75 Å². The Labute approximate surface area is 213 Å². The topological polar surface area (TPSA) is 109 Å². The van der Waals surface area contributed by atoms with Gasteiger partial charge in [-0.1, -0.05) is 24.6 Å². The van der Waals surface area contributed by atoms with Crippen LogP contribution in [-0.4, -0.2) is 55.1 Å². The first-order chi connectivity index (χ1) is 16.9. The molecule has 1 unspecified atom stereocenters. The Balaban J connectivity index is 1.91. The lowest BCUT2D eigenvalue weighted by atomic mass is 9.87. The van der Waals surface area contributed by atoms with Gasteiger partial charge in [0.25, 0.3) is 0 Å². The van der Waals surface area contributed by atoms with Crippen LogP contribution < -0.4 is 10.5 Å². The molecule has 0 amide bonds. The quantitative estimate of drug-likeness (QED) is 0.509. The molecule has 0 spiro atoms. The molecule has 9 nitrogen and oxygen atoms in total. The second kappa shape index (κ2) is 9.97. The van der Waals surface area contributed by atoms with Crippen molar-refractivity contribution in [1.82, 2.24) is 19.4 Å².